The van der Waals surface area contributed by atoms with Gasteiger partial charge in [-0.1, -0.05) is 62.0 Å². The largest absolute Gasteiger partial charge is 0.342 e. The number of thioether (sulfide) groups is 1. The maximum Gasteiger partial charge on any atom is 0.270 e. The molecule has 4 aromatic rings. The van der Waals surface area contributed by atoms with E-state index in [9.17, 15) is 19.7 Å². The number of amides is 2. The third-order valence-electron chi connectivity index (χ3n) is 5.20. The Labute approximate surface area is 220 Å². The van der Waals surface area contributed by atoms with E-state index in [0.29, 0.717) is 16.1 Å². The van der Waals surface area contributed by atoms with Gasteiger partial charge >= 0.3 is 0 Å². The molecule has 2 aromatic heterocycles. The molecular weight excluding hydrogens is 514 g/mol. The fourth-order valence-corrected chi connectivity index (χ4v) is 4.70. The maximum absolute atomic E-state index is 12.7. The summed E-state index contributed by atoms with van der Waals surface area (Å²) in [5.74, 6) is -0.274. The number of nitrogens with one attached hydrogen (secondary N) is 3. The Kier molecular flexibility index (Phi) is 8.25. The smallest absolute Gasteiger partial charge is 0.270 e. The SMILES string of the molecule is CC(C)[C@@H](NC(=O)c1cccc([N+](=O)[O-])c1)c1nc(SCC(=O)Nc2nc(-c3ccccc3)cs2)n[nH]1. The molecule has 0 aliphatic carbocycles. The quantitative estimate of drug-likeness (QED) is 0.149. The van der Waals surface area contributed by atoms with E-state index in [-0.39, 0.29) is 28.8 Å². The van der Waals surface area contributed by atoms with Crippen LogP contribution < -0.4 is 10.6 Å². The highest BCUT2D eigenvalue weighted by molar-refractivity contribution is 7.99. The molecule has 4 rings (SSSR count). The van der Waals surface area contributed by atoms with Crippen molar-refractivity contribution in [2.75, 3.05) is 11.1 Å². The molecule has 0 fully saturated rings. The van der Waals surface area contributed by atoms with Crippen molar-refractivity contribution in [1.82, 2.24) is 25.5 Å². The van der Waals surface area contributed by atoms with Gasteiger partial charge in [-0.15, -0.1) is 16.4 Å². The maximum atomic E-state index is 12.7. The second-order valence-electron chi connectivity index (χ2n) is 8.25. The first-order chi connectivity index (χ1) is 17.8. The van der Waals surface area contributed by atoms with E-state index in [1.54, 1.807) is 0 Å². The molecule has 11 nitrogen and oxygen atoms in total. The zero-order chi connectivity index (χ0) is 26.4. The van der Waals surface area contributed by atoms with Crippen molar-refractivity contribution in [3.05, 3.63) is 81.5 Å². The van der Waals surface area contributed by atoms with Crippen molar-refractivity contribution in [2.45, 2.75) is 25.0 Å². The first-order valence-corrected chi connectivity index (χ1v) is 13.1. The number of hydrogen-bond acceptors (Lipinski definition) is 9. The number of H-pyrrole nitrogens is 1. The molecule has 3 N–H and O–H groups in total. The number of anilines is 1. The lowest BCUT2D eigenvalue weighted by molar-refractivity contribution is -0.384. The van der Waals surface area contributed by atoms with Crippen LogP contribution >= 0.6 is 23.1 Å². The number of rotatable bonds is 10. The number of carbonyl (C=O) groups is 2. The number of thiazole rings is 1. The van der Waals surface area contributed by atoms with E-state index in [2.05, 4.69) is 30.8 Å². The van der Waals surface area contributed by atoms with Gasteiger partial charge in [0.25, 0.3) is 11.6 Å². The standard InChI is InChI=1S/C24H23N7O4S2/c1-14(2)20(27-22(33)16-9-6-10-17(11-16)31(34)35)21-28-24(30-29-21)37-13-19(32)26-23-25-18(12-36-23)15-7-4-3-5-8-15/h3-12,14,20H,13H2,1-2H3,(H,27,33)(H,25,26,32)(H,28,29,30)/t20-/m1/s1. The average molecular weight is 538 g/mol. The van der Waals surface area contributed by atoms with Crippen molar-refractivity contribution in [1.29, 1.82) is 0 Å². The van der Waals surface area contributed by atoms with Crippen LogP contribution in [-0.2, 0) is 4.79 Å². The second-order valence-corrected chi connectivity index (χ2v) is 10.0. The van der Waals surface area contributed by atoms with Gasteiger partial charge in [0.15, 0.2) is 5.13 Å². The van der Waals surface area contributed by atoms with Crippen LogP contribution in [0.4, 0.5) is 10.8 Å². The van der Waals surface area contributed by atoms with Gasteiger partial charge < -0.3 is 10.6 Å². The van der Waals surface area contributed by atoms with Gasteiger partial charge in [0.05, 0.1) is 22.4 Å². The highest BCUT2D eigenvalue weighted by Gasteiger charge is 2.24. The molecule has 0 saturated heterocycles. The summed E-state index contributed by atoms with van der Waals surface area (Å²) in [6, 6.07) is 14.7. The van der Waals surface area contributed by atoms with Crippen LogP contribution in [0.15, 0.2) is 65.1 Å². The van der Waals surface area contributed by atoms with Gasteiger partial charge in [-0.2, -0.15) is 0 Å². The number of aromatic nitrogens is 4. The predicted molar refractivity (Wildman–Crippen MR) is 141 cm³/mol. The molecule has 2 amide bonds. The van der Waals surface area contributed by atoms with Gasteiger partial charge in [-0.05, 0) is 12.0 Å². The summed E-state index contributed by atoms with van der Waals surface area (Å²) in [7, 11) is 0. The first kappa shape index (κ1) is 26.0. The fourth-order valence-electron chi connectivity index (χ4n) is 3.36. The van der Waals surface area contributed by atoms with E-state index in [1.165, 1.54) is 35.6 Å². The van der Waals surface area contributed by atoms with Crippen molar-refractivity contribution < 1.29 is 14.5 Å². The van der Waals surface area contributed by atoms with Crippen LogP contribution in [0, 0.1) is 16.0 Å². The molecule has 0 aliphatic heterocycles. The Balaban J connectivity index is 1.34. The second kappa shape index (κ2) is 11.8. The summed E-state index contributed by atoms with van der Waals surface area (Å²) in [5.41, 5.74) is 1.76. The molecule has 0 bridgehead atoms. The molecule has 0 unspecified atom stereocenters. The van der Waals surface area contributed by atoms with E-state index < -0.39 is 16.9 Å². The van der Waals surface area contributed by atoms with Crippen molar-refractivity contribution >= 4 is 45.7 Å². The Morgan fingerprint density at radius 3 is 2.65 bits per heavy atom. The van der Waals surface area contributed by atoms with Gasteiger partial charge in [0.2, 0.25) is 11.1 Å². The van der Waals surface area contributed by atoms with Crippen LogP contribution in [0.1, 0.15) is 36.1 Å². The summed E-state index contributed by atoms with van der Waals surface area (Å²) < 4.78 is 0. The number of aromatic amines is 1. The molecule has 2 aromatic carbocycles. The summed E-state index contributed by atoms with van der Waals surface area (Å²) in [6.45, 7) is 3.80. The van der Waals surface area contributed by atoms with Gasteiger partial charge in [0, 0.05) is 28.6 Å². The Morgan fingerprint density at radius 1 is 1.14 bits per heavy atom. The molecule has 2 heterocycles. The summed E-state index contributed by atoms with van der Waals surface area (Å²) >= 11 is 2.49. The fraction of sp³-hybridized carbons (Fsp3) is 0.208. The highest BCUT2D eigenvalue weighted by atomic mass is 32.2. The summed E-state index contributed by atoms with van der Waals surface area (Å²) in [4.78, 5) is 44.5. The van der Waals surface area contributed by atoms with Crippen LogP contribution in [-0.4, -0.2) is 42.7 Å². The van der Waals surface area contributed by atoms with Crippen molar-refractivity contribution in [2.24, 2.45) is 5.92 Å². The number of non-ortho nitro benzene ring substituents is 1. The minimum atomic E-state index is -0.552. The lowest BCUT2D eigenvalue weighted by Crippen LogP contribution is -2.32. The van der Waals surface area contributed by atoms with E-state index >= 15 is 0 Å². The topological polar surface area (TPSA) is 156 Å². The lowest BCUT2D eigenvalue weighted by atomic mass is 10.0. The number of benzene rings is 2. The van der Waals surface area contributed by atoms with Gasteiger partial charge in [-0.3, -0.25) is 24.8 Å². The van der Waals surface area contributed by atoms with Crippen LogP contribution in [0.25, 0.3) is 11.3 Å². The third-order valence-corrected chi connectivity index (χ3v) is 6.81. The minimum absolute atomic E-state index is 0.0551. The number of nitrogens with zero attached hydrogens (tertiary/aromatic N) is 4. The van der Waals surface area contributed by atoms with E-state index in [1.807, 2.05) is 49.6 Å². The van der Waals surface area contributed by atoms with Gasteiger partial charge in [0.1, 0.15) is 5.82 Å². The van der Waals surface area contributed by atoms with Crippen molar-refractivity contribution in [3.63, 3.8) is 0 Å². The Morgan fingerprint density at radius 2 is 1.92 bits per heavy atom. The molecule has 0 saturated carbocycles. The molecule has 0 spiro atoms. The minimum Gasteiger partial charge on any atom is -0.342 e. The highest BCUT2D eigenvalue weighted by Crippen LogP contribution is 2.26. The van der Waals surface area contributed by atoms with Gasteiger partial charge in [-0.25, -0.2) is 9.97 Å². The summed E-state index contributed by atoms with van der Waals surface area (Å²) in [5, 5.41) is 26.4. The molecule has 13 heteroatoms. The molecule has 37 heavy (non-hydrogen) atoms. The lowest BCUT2D eigenvalue weighted by Gasteiger charge is -2.19. The van der Waals surface area contributed by atoms with Crippen molar-refractivity contribution in [3.8, 4) is 11.3 Å². The number of hydrogen-bond donors (Lipinski definition) is 3. The monoisotopic (exact) mass is 537 g/mol. The van der Waals surface area contributed by atoms with Crippen LogP contribution in [0.3, 0.4) is 0 Å². The normalized spacial score (nSPS) is 11.8. The van der Waals surface area contributed by atoms with Crippen LogP contribution in [0.2, 0.25) is 0 Å². The number of nitro benzene ring substituents is 1. The molecule has 190 valence electrons. The number of nitro groups is 1. The van der Waals surface area contributed by atoms with E-state index in [0.717, 1.165) is 23.0 Å². The zero-order valence-corrected chi connectivity index (χ0v) is 21.5. The Bertz CT molecular complexity index is 1400. The summed E-state index contributed by atoms with van der Waals surface area (Å²) in [6.07, 6.45) is 0. The Hall–Kier alpha value is -4.10. The molecular formula is C24H23N7O4S2. The molecule has 0 aliphatic rings. The molecule has 1 atom stereocenters. The zero-order valence-electron chi connectivity index (χ0n) is 19.9. The number of carbonyl (C=O) groups excluding carboxylic acids is 2. The first-order valence-electron chi connectivity index (χ1n) is 11.2. The average Bonchev–Trinajstić information content (AvgIpc) is 3.56. The molecule has 0 radical (unpaired) electrons. The van der Waals surface area contributed by atoms with E-state index in [4.69, 9.17) is 0 Å². The third kappa shape index (κ3) is 6.77. The predicted octanol–water partition coefficient (Wildman–Crippen LogP) is 4.69. The van der Waals surface area contributed by atoms with Crippen LogP contribution in [0.5, 0.6) is 0 Å².